The summed E-state index contributed by atoms with van der Waals surface area (Å²) in [4.78, 5) is 4.08. The van der Waals surface area contributed by atoms with Gasteiger partial charge in [-0.2, -0.15) is 17.5 Å². The average Bonchev–Trinajstić information content (AvgIpc) is 2.44. The van der Waals surface area contributed by atoms with Gasteiger partial charge in [0.05, 0.1) is 0 Å². The number of guanidine groups is 1. The number of terminal acetylenes is 1. The van der Waals surface area contributed by atoms with Gasteiger partial charge in [-0.05, 0) is 19.8 Å². The third kappa shape index (κ3) is 6.34. The van der Waals surface area contributed by atoms with E-state index in [-0.39, 0.29) is 62.5 Å². The summed E-state index contributed by atoms with van der Waals surface area (Å²) in [6.45, 7) is 2.28. The molecule has 0 amide bonds. The Hall–Kier alpha value is -0.740. The van der Waals surface area contributed by atoms with Crippen LogP contribution in [0, 0.1) is 12.3 Å². The molecule has 6 nitrogen and oxygen atoms in total. The van der Waals surface area contributed by atoms with Crippen LogP contribution in [0.25, 0.3) is 0 Å². The van der Waals surface area contributed by atoms with Crippen LogP contribution in [0.3, 0.4) is 0 Å². The Morgan fingerprint density at radius 3 is 2.39 bits per heavy atom. The maximum absolute atomic E-state index is 12.5. The van der Waals surface area contributed by atoms with Crippen molar-refractivity contribution in [3.05, 3.63) is 0 Å². The van der Waals surface area contributed by atoms with Gasteiger partial charge in [0.1, 0.15) is 6.54 Å². The molecule has 1 aliphatic rings. The normalized spacial score (nSPS) is 18.0. The molecule has 0 spiro atoms. The summed E-state index contributed by atoms with van der Waals surface area (Å²) < 4.78 is 60.5. The Kier molecular flexibility index (Phi) is 9.22. The second-order valence-electron chi connectivity index (χ2n) is 4.67. The zero-order valence-corrected chi connectivity index (χ0v) is 15.7. The molecule has 0 saturated carbocycles. The average molecular weight is 468 g/mol. The molecule has 0 aromatic heterocycles. The monoisotopic (exact) mass is 468 g/mol. The number of sulfonamides is 1. The van der Waals surface area contributed by atoms with Gasteiger partial charge in [0.2, 0.25) is 0 Å². The molecule has 134 valence electrons. The molecule has 0 aromatic carbocycles. The summed E-state index contributed by atoms with van der Waals surface area (Å²) >= 11 is 0. The van der Waals surface area contributed by atoms with E-state index in [1.807, 2.05) is 6.92 Å². The van der Waals surface area contributed by atoms with Gasteiger partial charge in [-0.3, -0.25) is 0 Å². The fourth-order valence-corrected chi connectivity index (χ4v) is 3.01. The number of aliphatic imine (C=N–C) groups is 1. The number of rotatable bonds is 4. The van der Waals surface area contributed by atoms with Crippen molar-refractivity contribution in [2.24, 2.45) is 4.99 Å². The lowest BCUT2D eigenvalue weighted by Crippen LogP contribution is -2.51. The fourth-order valence-electron chi connectivity index (χ4n) is 2.02. The Balaban J connectivity index is 0.00000484. The molecule has 0 atom stereocenters. The molecule has 11 heteroatoms. The smallest absolute Gasteiger partial charge is 0.357 e. The minimum atomic E-state index is -5.25. The number of nitrogens with one attached hydrogen (secondary N) is 2. The number of hydrogen-bond acceptors (Lipinski definition) is 3. The van der Waals surface area contributed by atoms with E-state index in [1.165, 1.54) is 0 Å². The highest BCUT2D eigenvalue weighted by Gasteiger charge is 2.50. The first kappa shape index (κ1) is 22.3. The topological polar surface area (TPSA) is 73.8 Å². The van der Waals surface area contributed by atoms with Crippen LogP contribution in [0.1, 0.15) is 19.8 Å². The largest absolute Gasteiger partial charge is 0.511 e. The summed E-state index contributed by atoms with van der Waals surface area (Å²) in [6.07, 6.45) is 5.64. The molecular weight excluding hydrogens is 448 g/mol. The molecule has 2 N–H and O–H groups in total. The third-order valence-electron chi connectivity index (χ3n) is 3.10. The summed E-state index contributed by atoms with van der Waals surface area (Å²) in [5, 5.41) is 6.00. The first-order chi connectivity index (χ1) is 10.2. The van der Waals surface area contributed by atoms with Crippen molar-refractivity contribution in [3.63, 3.8) is 0 Å². The van der Waals surface area contributed by atoms with E-state index < -0.39 is 15.5 Å². The number of nitrogens with zero attached hydrogens (tertiary/aromatic N) is 2. The summed E-state index contributed by atoms with van der Waals surface area (Å²) in [5.41, 5.74) is -5.25. The van der Waals surface area contributed by atoms with Crippen molar-refractivity contribution in [1.29, 1.82) is 0 Å². The second kappa shape index (κ2) is 9.53. The molecule has 1 rings (SSSR count). The highest BCUT2D eigenvalue weighted by atomic mass is 127. The Morgan fingerprint density at radius 2 is 1.96 bits per heavy atom. The molecule has 1 saturated heterocycles. The minimum absolute atomic E-state index is 0. The zero-order chi connectivity index (χ0) is 16.8. The third-order valence-corrected chi connectivity index (χ3v) is 4.73. The van der Waals surface area contributed by atoms with Crippen molar-refractivity contribution in [3.8, 4) is 12.3 Å². The van der Waals surface area contributed by atoms with Crippen molar-refractivity contribution in [2.75, 3.05) is 26.2 Å². The predicted molar refractivity (Wildman–Crippen MR) is 92.9 cm³/mol. The molecule has 1 fully saturated rings. The van der Waals surface area contributed by atoms with Crippen LogP contribution in [0.5, 0.6) is 0 Å². The highest BCUT2D eigenvalue weighted by molar-refractivity contribution is 14.0. The first-order valence-electron chi connectivity index (χ1n) is 6.77. The van der Waals surface area contributed by atoms with Gasteiger partial charge < -0.3 is 10.6 Å². The van der Waals surface area contributed by atoms with Gasteiger partial charge in [-0.15, -0.1) is 30.4 Å². The minimum Gasteiger partial charge on any atom is -0.357 e. The van der Waals surface area contributed by atoms with Crippen molar-refractivity contribution in [2.45, 2.75) is 31.3 Å². The number of halogens is 4. The lowest BCUT2D eigenvalue weighted by Gasteiger charge is -2.32. The van der Waals surface area contributed by atoms with Gasteiger partial charge in [-0.1, -0.05) is 5.92 Å². The van der Waals surface area contributed by atoms with E-state index in [0.29, 0.717) is 16.8 Å². The summed E-state index contributed by atoms with van der Waals surface area (Å²) in [5.74, 6) is 2.83. The van der Waals surface area contributed by atoms with E-state index in [1.54, 1.807) is 0 Å². The van der Waals surface area contributed by atoms with Crippen LogP contribution in [-0.4, -0.2) is 56.4 Å². The van der Waals surface area contributed by atoms with Crippen LogP contribution in [-0.2, 0) is 10.0 Å². The van der Waals surface area contributed by atoms with E-state index in [0.717, 1.165) is 0 Å². The molecule has 23 heavy (non-hydrogen) atoms. The van der Waals surface area contributed by atoms with Crippen LogP contribution in [0.4, 0.5) is 13.2 Å². The van der Waals surface area contributed by atoms with Gasteiger partial charge in [-0.25, -0.2) is 13.4 Å². The van der Waals surface area contributed by atoms with Crippen molar-refractivity contribution < 1.29 is 21.6 Å². The molecule has 1 heterocycles. The number of hydrogen-bond donors (Lipinski definition) is 2. The van der Waals surface area contributed by atoms with Crippen LogP contribution in [0.2, 0.25) is 0 Å². The van der Waals surface area contributed by atoms with Gasteiger partial charge >= 0.3 is 15.5 Å². The zero-order valence-electron chi connectivity index (χ0n) is 12.6. The SMILES string of the molecule is C#CCN=C(NCC)NC1CCN(S(=O)(=O)C(F)(F)F)CC1.I. The standard InChI is InChI=1S/C12H19F3N4O2S.HI/c1-3-7-17-11(16-4-2)18-10-5-8-19(9-6-10)22(20,21)12(13,14)15;/h1,10H,4-9H2,2H3,(H2,16,17,18);1H. The Morgan fingerprint density at radius 1 is 1.39 bits per heavy atom. The van der Waals surface area contributed by atoms with Gasteiger partial charge in [0.15, 0.2) is 5.96 Å². The van der Waals surface area contributed by atoms with Crippen LogP contribution >= 0.6 is 24.0 Å². The lowest BCUT2D eigenvalue weighted by molar-refractivity contribution is -0.0494. The predicted octanol–water partition coefficient (Wildman–Crippen LogP) is 1.11. The Bertz CT molecular complexity index is 537. The molecule has 0 aliphatic carbocycles. The van der Waals surface area contributed by atoms with E-state index >= 15 is 0 Å². The summed E-state index contributed by atoms with van der Waals surface area (Å²) in [6, 6.07) is -0.157. The molecule has 0 unspecified atom stereocenters. The molecule has 1 aliphatic heterocycles. The quantitative estimate of drug-likeness (QED) is 0.281. The molecule has 0 bridgehead atoms. The first-order valence-corrected chi connectivity index (χ1v) is 8.21. The molecule has 0 radical (unpaired) electrons. The second-order valence-corrected chi connectivity index (χ2v) is 6.60. The Labute approximate surface area is 151 Å². The number of alkyl halides is 3. The molecular formula is C12H20F3IN4O2S. The van der Waals surface area contributed by atoms with Gasteiger partial charge in [0.25, 0.3) is 0 Å². The van der Waals surface area contributed by atoms with Gasteiger partial charge in [0, 0.05) is 25.7 Å². The van der Waals surface area contributed by atoms with Crippen molar-refractivity contribution >= 4 is 40.0 Å². The van der Waals surface area contributed by atoms with E-state index in [2.05, 4.69) is 21.5 Å². The number of piperidine rings is 1. The van der Waals surface area contributed by atoms with Crippen LogP contribution in [0.15, 0.2) is 4.99 Å². The maximum Gasteiger partial charge on any atom is 0.511 e. The van der Waals surface area contributed by atoms with E-state index in [4.69, 9.17) is 6.42 Å². The van der Waals surface area contributed by atoms with E-state index in [9.17, 15) is 21.6 Å². The fraction of sp³-hybridized carbons (Fsp3) is 0.750. The highest BCUT2D eigenvalue weighted by Crippen LogP contribution is 2.28. The molecule has 0 aromatic rings. The lowest BCUT2D eigenvalue weighted by atomic mass is 10.1. The maximum atomic E-state index is 12.5. The summed E-state index contributed by atoms with van der Waals surface area (Å²) in [7, 11) is -5.24. The van der Waals surface area contributed by atoms with Crippen molar-refractivity contribution in [1.82, 2.24) is 14.9 Å². The van der Waals surface area contributed by atoms with Crippen LogP contribution < -0.4 is 10.6 Å².